The molecule has 9 nitrogen and oxygen atoms in total. The Morgan fingerprint density at radius 3 is 1.96 bits per heavy atom. The molecule has 3 amide bonds. The van der Waals surface area contributed by atoms with E-state index < -0.39 is 17.1 Å². The topological polar surface area (TPSA) is 115 Å². The molecule has 0 spiro atoms. The number of ether oxygens (including phenoxy) is 3. The molecule has 0 aliphatic carbocycles. The maximum absolute atomic E-state index is 13.9. The first-order valence-corrected chi connectivity index (χ1v) is 17.0. The number of nitrogens with one attached hydrogen (secondary N) is 3. The van der Waals surface area contributed by atoms with Crippen molar-refractivity contribution in [3.8, 4) is 17.2 Å². The third kappa shape index (κ3) is 9.34. The first-order chi connectivity index (χ1) is 24.3. The normalized spacial score (nSPS) is 11.6. The minimum Gasteiger partial charge on any atom is -0.493 e. The van der Waals surface area contributed by atoms with Crippen molar-refractivity contribution < 1.29 is 28.6 Å². The molecule has 0 heterocycles. The molecule has 0 saturated carbocycles. The molecule has 3 N–H and O–H groups in total. The zero-order valence-corrected chi connectivity index (χ0v) is 29.8. The first-order valence-electron chi connectivity index (χ1n) is 15.4. The summed E-state index contributed by atoms with van der Waals surface area (Å²) in [4.78, 5) is 41.4. The van der Waals surface area contributed by atoms with Crippen LogP contribution >= 0.6 is 27.7 Å². The minimum atomic E-state index is -0.591. The number of methoxy groups -OCH3 is 3. The predicted molar refractivity (Wildman–Crippen MR) is 201 cm³/mol. The van der Waals surface area contributed by atoms with Gasteiger partial charge in [-0.25, -0.2) is 0 Å². The van der Waals surface area contributed by atoms with Gasteiger partial charge in [0.25, 0.3) is 11.8 Å². The van der Waals surface area contributed by atoms with Crippen molar-refractivity contribution in [2.75, 3.05) is 32.0 Å². The highest BCUT2D eigenvalue weighted by Gasteiger charge is 2.23. The molecule has 0 saturated heterocycles. The predicted octanol–water partition coefficient (Wildman–Crippen LogP) is 8.36. The highest BCUT2D eigenvalue weighted by atomic mass is 79.9. The summed E-state index contributed by atoms with van der Waals surface area (Å²) < 4.78 is 17.3. The van der Waals surface area contributed by atoms with Gasteiger partial charge >= 0.3 is 0 Å². The Morgan fingerprint density at radius 2 is 1.34 bits per heavy atom. The maximum Gasteiger partial charge on any atom is 0.272 e. The van der Waals surface area contributed by atoms with Crippen LogP contribution in [0.2, 0.25) is 0 Å². The molecule has 5 aromatic carbocycles. The van der Waals surface area contributed by atoms with Gasteiger partial charge in [-0.3, -0.25) is 14.4 Å². The Kier molecular flexibility index (Phi) is 12.3. The quantitative estimate of drug-likeness (QED) is 0.0819. The monoisotopic (exact) mass is 751 g/mol. The Bertz CT molecular complexity index is 1960. The molecule has 5 aromatic rings. The van der Waals surface area contributed by atoms with Crippen molar-refractivity contribution in [2.24, 2.45) is 0 Å². The van der Waals surface area contributed by atoms with E-state index in [0.717, 1.165) is 14.9 Å². The van der Waals surface area contributed by atoms with Crippen LogP contribution in [0.1, 0.15) is 26.7 Å². The van der Waals surface area contributed by atoms with Gasteiger partial charge in [0.05, 0.1) is 21.3 Å². The second-order valence-electron chi connectivity index (χ2n) is 10.7. The summed E-state index contributed by atoms with van der Waals surface area (Å²) in [6.45, 7) is 0. The van der Waals surface area contributed by atoms with E-state index in [1.165, 1.54) is 39.2 Å². The van der Waals surface area contributed by atoms with Crippen molar-refractivity contribution in [1.29, 1.82) is 0 Å². The van der Waals surface area contributed by atoms with Gasteiger partial charge in [0.1, 0.15) is 10.9 Å². The molecule has 1 atom stereocenters. The number of rotatable bonds is 13. The second kappa shape index (κ2) is 17.2. The fourth-order valence-electron chi connectivity index (χ4n) is 4.92. The molecule has 0 aromatic heterocycles. The lowest BCUT2D eigenvalue weighted by atomic mass is 10.1. The second-order valence-corrected chi connectivity index (χ2v) is 12.8. The summed E-state index contributed by atoms with van der Waals surface area (Å²) >= 11 is 4.77. The number of thioether (sulfide) groups is 1. The van der Waals surface area contributed by atoms with Crippen LogP contribution in [-0.4, -0.2) is 39.1 Å². The molecule has 1 unspecified atom stereocenters. The Hall–Kier alpha value is -5.52. The van der Waals surface area contributed by atoms with E-state index >= 15 is 0 Å². The third-order valence-corrected chi connectivity index (χ3v) is 9.10. The van der Waals surface area contributed by atoms with Crippen LogP contribution in [0.5, 0.6) is 17.2 Å². The highest BCUT2D eigenvalue weighted by molar-refractivity contribution is 9.10. The van der Waals surface area contributed by atoms with Crippen molar-refractivity contribution in [3.05, 3.63) is 148 Å². The SMILES string of the molecule is COc1cc(/C=C(/NC(=O)c2ccccc2)C(=O)Nc2cccc(SC(C(=O)Nc3ccc(Br)cc3)c3ccccc3)c2)cc(OC)c1OC. The van der Waals surface area contributed by atoms with Crippen molar-refractivity contribution in [3.63, 3.8) is 0 Å². The summed E-state index contributed by atoms with van der Waals surface area (Å²) in [5.41, 5.74) is 2.82. The third-order valence-electron chi connectivity index (χ3n) is 7.32. The fraction of sp³-hybridized carbons (Fsp3) is 0.103. The van der Waals surface area contributed by atoms with Gasteiger partial charge in [0, 0.05) is 26.3 Å². The van der Waals surface area contributed by atoms with Crippen LogP contribution in [0.3, 0.4) is 0 Å². The van der Waals surface area contributed by atoms with E-state index in [-0.39, 0.29) is 11.6 Å². The Balaban J connectivity index is 1.42. The molecule has 0 fully saturated rings. The van der Waals surface area contributed by atoms with Gasteiger partial charge in [-0.1, -0.05) is 70.5 Å². The summed E-state index contributed by atoms with van der Waals surface area (Å²) in [6.07, 6.45) is 1.52. The standard InChI is InChI=1S/C39H34BrN3O6S/c1-47-33-22-25(23-34(48-2)35(33)49-3)21-32(43-37(44)27-13-8-5-9-14-27)38(45)42-30-15-10-16-31(24-30)50-36(26-11-6-4-7-12-26)39(46)41-29-19-17-28(40)18-20-29/h4-24,36H,1-3H3,(H,41,46)(H,42,45)(H,43,44)/b32-21+. The number of halogens is 1. The summed E-state index contributed by atoms with van der Waals surface area (Å²) in [7, 11) is 4.49. The van der Waals surface area contributed by atoms with E-state index in [4.69, 9.17) is 14.2 Å². The van der Waals surface area contributed by atoms with Crippen molar-refractivity contribution in [2.45, 2.75) is 10.1 Å². The van der Waals surface area contributed by atoms with E-state index in [2.05, 4.69) is 31.9 Å². The summed E-state index contributed by atoms with van der Waals surface area (Å²) in [5.74, 6) is -0.0792. The van der Waals surface area contributed by atoms with Crippen LogP contribution in [-0.2, 0) is 9.59 Å². The highest BCUT2D eigenvalue weighted by Crippen LogP contribution is 2.39. The van der Waals surface area contributed by atoms with E-state index in [1.807, 2.05) is 60.7 Å². The van der Waals surface area contributed by atoms with E-state index in [9.17, 15) is 14.4 Å². The van der Waals surface area contributed by atoms with Gasteiger partial charge in [-0.05, 0) is 83.9 Å². The lowest BCUT2D eigenvalue weighted by Crippen LogP contribution is -2.30. The zero-order valence-electron chi connectivity index (χ0n) is 27.4. The molecule has 254 valence electrons. The smallest absolute Gasteiger partial charge is 0.272 e. The largest absolute Gasteiger partial charge is 0.493 e. The minimum absolute atomic E-state index is 0.0257. The van der Waals surface area contributed by atoms with Gasteiger partial charge < -0.3 is 30.2 Å². The number of amides is 3. The fourth-order valence-corrected chi connectivity index (χ4v) is 6.27. The average Bonchev–Trinajstić information content (AvgIpc) is 3.14. The number of hydrogen-bond acceptors (Lipinski definition) is 7. The number of anilines is 2. The molecule has 11 heteroatoms. The lowest BCUT2D eigenvalue weighted by molar-refractivity contribution is -0.116. The van der Waals surface area contributed by atoms with Crippen LogP contribution < -0.4 is 30.2 Å². The number of carbonyl (C=O) groups is 3. The van der Waals surface area contributed by atoms with E-state index in [1.54, 1.807) is 60.7 Å². The van der Waals surface area contributed by atoms with Crippen LogP contribution in [0.15, 0.2) is 136 Å². The Morgan fingerprint density at radius 1 is 0.700 bits per heavy atom. The zero-order chi connectivity index (χ0) is 35.5. The van der Waals surface area contributed by atoms with Crippen molar-refractivity contribution in [1.82, 2.24) is 5.32 Å². The molecular formula is C39H34BrN3O6S. The molecule has 0 aliphatic heterocycles. The van der Waals surface area contributed by atoms with Crippen LogP contribution in [0.25, 0.3) is 6.08 Å². The molecule has 0 radical (unpaired) electrons. The van der Waals surface area contributed by atoms with Gasteiger partial charge in [0.2, 0.25) is 11.7 Å². The van der Waals surface area contributed by atoms with Crippen molar-refractivity contribution >= 4 is 62.9 Å². The molecule has 50 heavy (non-hydrogen) atoms. The average molecular weight is 753 g/mol. The van der Waals surface area contributed by atoms with Gasteiger partial charge in [-0.2, -0.15) is 0 Å². The van der Waals surface area contributed by atoms with Gasteiger partial charge in [0.15, 0.2) is 11.5 Å². The summed E-state index contributed by atoms with van der Waals surface area (Å²) in [6, 6.07) is 35.9. The molecule has 5 rings (SSSR count). The lowest BCUT2D eigenvalue weighted by Gasteiger charge is -2.18. The molecular weight excluding hydrogens is 718 g/mol. The number of carbonyl (C=O) groups excluding carboxylic acids is 3. The maximum atomic E-state index is 13.9. The molecule has 0 aliphatic rings. The first kappa shape index (κ1) is 35.8. The van der Waals surface area contributed by atoms with Crippen LogP contribution in [0.4, 0.5) is 11.4 Å². The number of hydrogen-bond donors (Lipinski definition) is 3. The Labute approximate surface area is 303 Å². The van der Waals surface area contributed by atoms with Gasteiger partial charge in [-0.15, -0.1) is 11.8 Å². The van der Waals surface area contributed by atoms with E-state index in [0.29, 0.717) is 39.8 Å². The molecule has 0 bridgehead atoms. The van der Waals surface area contributed by atoms with Crippen LogP contribution in [0, 0.1) is 0 Å². The number of benzene rings is 5. The summed E-state index contributed by atoms with van der Waals surface area (Å²) in [5, 5.41) is 8.06.